The summed E-state index contributed by atoms with van der Waals surface area (Å²) in [4.78, 5) is 22.4. The fraction of sp³-hybridized carbons (Fsp3) is 0.0476. The number of nitrogens with zero attached hydrogens (tertiary/aromatic N) is 1. The molecular weight excluding hydrogens is 436 g/mol. The topological polar surface area (TPSA) is 113 Å². The fourth-order valence-corrected chi connectivity index (χ4v) is 4.90. The van der Waals surface area contributed by atoms with Crippen molar-refractivity contribution >= 4 is 44.7 Å². The number of benzene rings is 3. The van der Waals surface area contributed by atoms with Crippen molar-refractivity contribution in [1.29, 1.82) is 0 Å². The molecule has 0 unspecified atom stereocenters. The highest BCUT2D eigenvalue weighted by atomic mass is 32.2. The molecule has 1 aliphatic heterocycles. The number of carbonyl (C=O) groups is 1. The lowest BCUT2D eigenvalue weighted by molar-refractivity contribution is 0.0949. The normalized spacial score (nSPS) is 13.9. The van der Waals surface area contributed by atoms with E-state index in [0.29, 0.717) is 11.5 Å². The van der Waals surface area contributed by atoms with Gasteiger partial charge in [0.15, 0.2) is 5.75 Å². The van der Waals surface area contributed by atoms with Crippen LogP contribution >= 0.6 is 11.8 Å². The third-order valence-corrected chi connectivity index (χ3v) is 6.44. The zero-order valence-electron chi connectivity index (χ0n) is 16.0. The number of carbonyl (C=O) groups excluding carboxylic acids is 1. The highest BCUT2D eigenvalue weighted by Gasteiger charge is 2.26. The molecule has 0 bridgehead atoms. The first kappa shape index (κ1) is 19.5. The predicted octanol–water partition coefficient (Wildman–Crippen LogP) is 3.69. The van der Waals surface area contributed by atoms with Gasteiger partial charge in [0.25, 0.3) is 5.91 Å². The van der Waals surface area contributed by atoms with Crippen LogP contribution in [0.5, 0.6) is 5.75 Å². The van der Waals surface area contributed by atoms with Crippen LogP contribution in [0.4, 0.5) is 5.69 Å². The third kappa shape index (κ3) is 4.21. The Hall–Kier alpha value is -3.50. The van der Waals surface area contributed by atoms with Crippen LogP contribution < -0.4 is 14.2 Å². The number of H-pyrrole nitrogens is 1. The van der Waals surface area contributed by atoms with Crippen LogP contribution in [-0.2, 0) is 16.8 Å². The summed E-state index contributed by atoms with van der Waals surface area (Å²) in [5, 5.41) is 2.78. The van der Waals surface area contributed by atoms with E-state index in [1.807, 2.05) is 36.4 Å². The Morgan fingerprint density at radius 1 is 1.03 bits per heavy atom. The molecule has 1 aliphatic rings. The number of aromatic amines is 1. The van der Waals surface area contributed by atoms with E-state index in [-0.39, 0.29) is 23.8 Å². The minimum absolute atomic E-state index is 0.0971. The number of hydrogen-bond acceptors (Lipinski definition) is 6. The van der Waals surface area contributed by atoms with Crippen molar-refractivity contribution in [3.63, 3.8) is 0 Å². The molecule has 5 rings (SSSR count). The van der Waals surface area contributed by atoms with Gasteiger partial charge in [0, 0.05) is 15.4 Å². The van der Waals surface area contributed by atoms with Gasteiger partial charge < -0.3 is 14.5 Å². The van der Waals surface area contributed by atoms with Gasteiger partial charge in [-0.3, -0.25) is 4.79 Å². The average Bonchev–Trinajstić information content (AvgIpc) is 3.30. The second kappa shape index (κ2) is 7.64. The van der Waals surface area contributed by atoms with Crippen LogP contribution in [0.15, 0.2) is 76.5 Å². The molecule has 1 aromatic heterocycles. The summed E-state index contributed by atoms with van der Waals surface area (Å²) in [6.07, 6.45) is 0. The lowest BCUT2D eigenvalue weighted by Crippen LogP contribution is -2.23. The Bertz CT molecular complexity index is 1400. The lowest BCUT2D eigenvalue weighted by Gasteiger charge is -2.04. The van der Waals surface area contributed by atoms with Gasteiger partial charge >= 0.3 is 10.3 Å². The van der Waals surface area contributed by atoms with E-state index in [4.69, 9.17) is 4.18 Å². The first-order valence-electron chi connectivity index (χ1n) is 9.31. The first-order chi connectivity index (χ1) is 14.9. The Balaban J connectivity index is 1.27. The summed E-state index contributed by atoms with van der Waals surface area (Å²) in [5.41, 5.74) is 2.28. The largest absolute Gasteiger partial charge is 0.407 e. The zero-order valence-corrected chi connectivity index (χ0v) is 17.6. The average molecular weight is 453 g/mol. The SMILES string of the molecule is O=C(NCc1nc2ccc(Sc3ccccc3)cc2[nH]1)c1ccc2c(c1)OS(=O)(=O)N2. The van der Waals surface area contributed by atoms with Crippen LogP contribution in [0.3, 0.4) is 0 Å². The van der Waals surface area contributed by atoms with Crippen LogP contribution in [0.1, 0.15) is 16.2 Å². The van der Waals surface area contributed by atoms with E-state index >= 15 is 0 Å². The van der Waals surface area contributed by atoms with Crippen molar-refractivity contribution in [2.24, 2.45) is 0 Å². The second-order valence-corrected chi connectivity index (χ2v) is 9.24. The molecule has 3 N–H and O–H groups in total. The number of imidazole rings is 1. The molecule has 0 saturated heterocycles. The number of hydrogen-bond donors (Lipinski definition) is 3. The van der Waals surface area contributed by atoms with Gasteiger partial charge in [-0.1, -0.05) is 30.0 Å². The van der Waals surface area contributed by atoms with E-state index in [2.05, 4.69) is 32.1 Å². The van der Waals surface area contributed by atoms with Crippen LogP contribution in [-0.4, -0.2) is 24.3 Å². The van der Waals surface area contributed by atoms with Crippen molar-refractivity contribution in [1.82, 2.24) is 15.3 Å². The fourth-order valence-electron chi connectivity index (χ4n) is 3.17. The molecular formula is C21H16N4O4S2. The standard InChI is InChI=1S/C21H16N4O4S2/c26-21(13-6-8-17-19(10-13)29-31(27,28)25-17)22-12-20-23-16-9-7-15(11-18(16)24-20)30-14-4-2-1-3-5-14/h1-11,25H,12H2,(H,22,26)(H,23,24). The van der Waals surface area contributed by atoms with Crippen LogP contribution in [0, 0.1) is 0 Å². The van der Waals surface area contributed by atoms with Gasteiger partial charge in [-0.2, -0.15) is 8.42 Å². The van der Waals surface area contributed by atoms with Crippen molar-refractivity contribution in [3.8, 4) is 5.75 Å². The minimum atomic E-state index is -3.84. The maximum atomic E-state index is 12.5. The Labute approximate surface area is 182 Å². The molecule has 0 aliphatic carbocycles. The monoisotopic (exact) mass is 452 g/mol. The number of amides is 1. The summed E-state index contributed by atoms with van der Waals surface area (Å²) in [7, 11) is -3.84. The highest BCUT2D eigenvalue weighted by molar-refractivity contribution is 7.99. The van der Waals surface area contributed by atoms with E-state index in [0.717, 1.165) is 20.8 Å². The second-order valence-electron chi connectivity index (χ2n) is 6.81. The highest BCUT2D eigenvalue weighted by Crippen LogP contribution is 2.33. The molecule has 0 fully saturated rings. The van der Waals surface area contributed by atoms with E-state index in [9.17, 15) is 13.2 Å². The number of nitrogens with one attached hydrogen (secondary N) is 3. The molecule has 10 heteroatoms. The van der Waals surface area contributed by atoms with E-state index in [1.165, 1.54) is 18.2 Å². The van der Waals surface area contributed by atoms with E-state index < -0.39 is 10.3 Å². The number of anilines is 1. The molecule has 0 spiro atoms. The maximum Gasteiger partial charge on any atom is 0.407 e. The quantitative estimate of drug-likeness (QED) is 0.426. The molecule has 4 aromatic rings. The maximum absolute atomic E-state index is 12.5. The van der Waals surface area contributed by atoms with Gasteiger partial charge in [-0.25, -0.2) is 9.71 Å². The van der Waals surface area contributed by atoms with Crippen molar-refractivity contribution in [3.05, 3.63) is 78.1 Å². The summed E-state index contributed by atoms with van der Waals surface area (Å²) in [5.74, 6) is 0.350. The van der Waals surface area contributed by atoms with E-state index in [1.54, 1.807) is 11.8 Å². The van der Waals surface area contributed by atoms with Gasteiger partial charge in [-0.15, -0.1) is 0 Å². The zero-order chi connectivity index (χ0) is 21.4. The smallest absolute Gasteiger partial charge is 0.365 e. The van der Waals surface area contributed by atoms with Crippen LogP contribution in [0.2, 0.25) is 0 Å². The molecule has 2 heterocycles. The predicted molar refractivity (Wildman–Crippen MR) is 117 cm³/mol. The lowest BCUT2D eigenvalue weighted by atomic mass is 10.2. The molecule has 1 amide bonds. The number of aromatic nitrogens is 2. The number of fused-ring (bicyclic) bond motifs is 2. The van der Waals surface area contributed by atoms with Crippen molar-refractivity contribution in [2.45, 2.75) is 16.3 Å². The van der Waals surface area contributed by atoms with Crippen molar-refractivity contribution in [2.75, 3.05) is 4.72 Å². The molecule has 0 saturated carbocycles. The third-order valence-electron chi connectivity index (χ3n) is 4.58. The van der Waals surface area contributed by atoms with Crippen LogP contribution in [0.25, 0.3) is 11.0 Å². The molecule has 31 heavy (non-hydrogen) atoms. The molecule has 3 aromatic carbocycles. The summed E-state index contributed by atoms with van der Waals surface area (Å²) < 4.78 is 29.9. The van der Waals surface area contributed by atoms with Gasteiger partial charge in [0.05, 0.1) is 23.3 Å². The Kier molecular flexibility index (Phi) is 4.79. The molecule has 0 atom stereocenters. The summed E-state index contributed by atoms with van der Waals surface area (Å²) >= 11 is 1.66. The van der Waals surface area contributed by atoms with Gasteiger partial charge in [0.2, 0.25) is 0 Å². The Morgan fingerprint density at radius 2 is 1.87 bits per heavy atom. The summed E-state index contributed by atoms with van der Waals surface area (Å²) in [6.45, 7) is 0.198. The van der Waals surface area contributed by atoms with Crippen molar-refractivity contribution < 1.29 is 17.4 Å². The first-order valence-corrected chi connectivity index (χ1v) is 11.5. The van der Waals surface area contributed by atoms with Gasteiger partial charge in [-0.05, 0) is 48.5 Å². The summed E-state index contributed by atoms with van der Waals surface area (Å²) in [6, 6.07) is 20.5. The molecule has 156 valence electrons. The number of rotatable bonds is 5. The minimum Gasteiger partial charge on any atom is -0.365 e. The van der Waals surface area contributed by atoms with Gasteiger partial charge in [0.1, 0.15) is 5.82 Å². The molecule has 0 radical (unpaired) electrons. The Morgan fingerprint density at radius 3 is 2.71 bits per heavy atom. The molecule has 8 nitrogen and oxygen atoms in total.